The first kappa shape index (κ1) is 23.7. The third-order valence-corrected chi connectivity index (χ3v) is 4.43. The Morgan fingerprint density at radius 2 is 1.47 bits per heavy atom. The summed E-state index contributed by atoms with van der Waals surface area (Å²) in [5, 5.41) is 21.9. The molecule has 158 valence electrons. The van der Waals surface area contributed by atoms with Crippen molar-refractivity contribution in [2.45, 2.75) is 13.1 Å². The molecule has 2 amide bonds. The lowest BCUT2D eigenvalue weighted by Crippen LogP contribution is -3.00. The fraction of sp³-hybridized carbons (Fsp3) is 0.105. The van der Waals surface area contributed by atoms with E-state index in [4.69, 9.17) is 23.2 Å². The van der Waals surface area contributed by atoms with Crippen LogP contribution in [0.3, 0.4) is 0 Å². The first-order chi connectivity index (χ1) is 13.8. The monoisotopic (exact) mass is 470 g/mol. The van der Waals surface area contributed by atoms with Crippen molar-refractivity contribution in [2.24, 2.45) is 0 Å². The van der Waals surface area contributed by atoms with Crippen molar-refractivity contribution in [3.63, 3.8) is 0 Å². The Morgan fingerprint density at radius 3 is 2.00 bits per heavy atom. The van der Waals surface area contributed by atoms with Crippen LogP contribution >= 0.6 is 23.2 Å². The Labute approximate surface area is 188 Å². The van der Waals surface area contributed by atoms with Gasteiger partial charge in [0.25, 0.3) is 11.8 Å². The van der Waals surface area contributed by atoms with Crippen LogP contribution in [-0.2, 0) is 22.7 Å². The minimum Gasteiger partial charge on any atom is -1.00 e. The van der Waals surface area contributed by atoms with Crippen molar-refractivity contribution in [3.05, 3.63) is 77.3 Å². The second-order valence-electron chi connectivity index (χ2n) is 6.13. The van der Waals surface area contributed by atoms with Gasteiger partial charge in [-0.15, -0.1) is 0 Å². The van der Waals surface area contributed by atoms with Gasteiger partial charge in [0.1, 0.15) is 12.4 Å². The lowest BCUT2D eigenvalue weighted by atomic mass is 10.3. The summed E-state index contributed by atoms with van der Waals surface area (Å²) in [5.74, 6) is -1.19. The zero-order valence-corrected chi connectivity index (χ0v) is 17.7. The lowest BCUT2D eigenvalue weighted by molar-refractivity contribution is -0.683. The maximum absolute atomic E-state index is 12.3. The van der Waals surface area contributed by atoms with Gasteiger partial charge in [-0.1, -0.05) is 35.3 Å². The number of carbonyl (C=O) groups excluding carboxylic acids is 2. The summed E-state index contributed by atoms with van der Waals surface area (Å²) in [6.45, 7) is -0.331. The molecule has 2 aromatic carbocycles. The van der Waals surface area contributed by atoms with E-state index in [9.17, 15) is 20.0 Å². The predicted octanol–water partition coefficient (Wildman–Crippen LogP) is -0.0688. The number of aromatic nitrogens is 2. The van der Waals surface area contributed by atoms with Crippen molar-refractivity contribution >= 4 is 46.4 Å². The normalized spacial score (nSPS) is 10.3. The fourth-order valence-corrected chi connectivity index (χ4v) is 2.94. The number of amides is 2. The van der Waals surface area contributed by atoms with Gasteiger partial charge in [-0.05, 0) is 36.4 Å². The zero-order valence-electron chi connectivity index (χ0n) is 15.4. The van der Waals surface area contributed by atoms with E-state index in [-0.39, 0.29) is 36.9 Å². The number of imidazole rings is 1. The van der Waals surface area contributed by atoms with Crippen molar-refractivity contribution in [1.82, 2.24) is 4.57 Å². The van der Waals surface area contributed by atoms with E-state index >= 15 is 0 Å². The molecule has 0 fully saturated rings. The van der Waals surface area contributed by atoms with Crippen molar-refractivity contribution < 1.29 is 37.0 Å². The molecule has 0 atom stereocenters. The molecule has 1 heterocycles. The van der Waals surface area contributed by atoms with Crippen LogP contribution in [-0.4, -0.2) is 26.8 Å². The van der Waals surface area contributed by atoms with Gasteiger partial charge in [-0.25, -0.2) is 9.13 Å². The van der Waals surface area contributed by atoms with Crippen LogP contribution in [0, 0.1) is 0 Å². The van der Waals surface area contributed by atoms with Gasteiger partial charge in [0, 0.05) is 10.0 Å². The van der Waals surface area contributed by atoms with Gasteiger partial charge in [0.2, 0.25) is 6.33 Å². The molecule has 11 heteroatoms. The molecule has 0 aliphatic carbocycles. The highest BCUT2D eigenvalue weighted by atomic mass is 35.5. The molecule has 0 spiro atoms. The second kappa shape index (κ2) is 10.4. The van der Waals surface area contributed by atoms with E-state index in [0.717, 1.165) is 0 Å². The van der Waals surface area contributed by atoms with Gasteiger partial charge >= 0.3 is 0 Å². The molecular weight excluding hydrogens is 455 g/mol. The number of hydrogen-bond acceptors (Lipinski definition) is 4. The third-order valence-electron chi connectivity index (χ3n) is 3.96. The number of nitrogens with zero attached hydrogens (tertiary/aromatic N) is 4. The maximum atomic E-state index is 12.3. The van der Waals surface area contributed by atoms with Crippen LogP contribution in [0.2, 0.25) is 10.0 Å². The van der Waals surface area contributed by atoms with Gasteiger partial charge in [-0.2, -0.15) is 10.1 Å². The largest absolute Gasteiger partial charge is 1.00 e. The summed E-state index contributed by atoms with van der Waals surface area (Å²) < 4.78 is 2.98. The quantitative estimate of drug-likeness (QED) is 0.299. The van der Waals surface area contributed by atoms with Crippen LogP contribution < -0.4 is 27.1 Å². The topological polar surface area (TPSA) is 89.9 Å². The van der Waals surface area contributed by atoms with Crippen LogP contribution in [0.4, 0.5) is 11.4 Å². The van der Waals surface area contributed by atoms with E-state index in [1.165, 1.54) is 27.6 Å². The van der Waals surface area contributed by atoms with Crippen molar-refractivity contribution in [1.29, 1.82) is 0 Å². The first-order valence-corrected chi connectivity index (χ1v) is 9.18. The molecule has 3 aromatic rings. The number of anilines is 2. The zero-order chi connectivity index (χ0) is 21.0. The van der Waals surface area contributed by atoms with Crippen LogP contribution in [0.5, 0.6) is 0 Å². The molecule has 8 nitrogen and oxygen atoms in total. The molecule has 0 unspecified atom stereocenters. The van der Waals surface area contributed by atoms with Crippen LogP contribution in [0.15, 0.2) is 67.3 Å². The van der Waals surface area contributed by atoms with Gasteiger partial charge < -0.3 is 12.4 Å². The lowest BCUT2D eigenvalue weighted by Gasteiger charge is -2.14. The fourth-order valence-electron chi connectivity index (χ4n) is 2.58. The summed E-state index contributed by atoms with van der Waals surface area (Å²) in [4.78, 5) is 24.5. The number of halogens is 3. The molecule has 2 N–H and O–H groups in total. The molecule has 0 saturated heterocycles. The summed E-state index contributed by atoms with van der Waals surface area (Å²) in [5.41, 5.74) is 0.491. The Morgan fingerprint density at radius 1 is 0.933 bits per heavy atom. The summed E-state index contributed by atoms with van der Waals surface area (Å²) in [6, 6.07) is 12.5. The first-order valence-electron chi connectivity index (χ1n) is 8.43. The smallest absolute Gasteiger partial charge is 0.292 e. The van der Waals surface area contributed by atoms with Crippen molar-refractivity contribution in [2.75, 3.05) is 10.1 Å². The van der Waals surface area contributed by atoms with Gasteiger partial charge in [-0.3, -0.25) is 20.0 Å². The minimum absolute atomic E-state index is 0. The Bertz CT molecular complexity index is 964. The highest BCUT2D eigenvalue weighted by molar-refractivity contribution is 6.31. The summed E-state index contributed by atoms with van der Waals surface area (Å²) in [6.07, 6.45) is 4.64. The van der Waals surface area contributed by atoms with Gasteiger partial charge in [0.15, 0.2) is 13.1 Å². The average Bonchev–Trinajstić information content (AvgIpc) is 3.13. The maximum Gasteiger partial charge on any atom is 0.292 e. The summed E-state index contributed by atoms with van der Waals surface area (Å²) in [7, 11) is 0. The number of carbonyl (C=O) groups is 2. The molecule has 0 bridgehead atoms. The molecule has 30 heavy (non-hydrogen) atoms. The molecule has 0 aliphatic rings. The van der Waals surface area contributed by atoms with E-state index in [1.54, 1.807) is 48.8 Å². The van der Waals surface area contributed by atoms with Crippen LogP contribution in [0.1, 0.15) is 0 Å². The SMILES string of the molecule is O=C(Cn1cc[n+](CC(=O)N(O)c2cccc(Cl)c2)c1)N(O)c1cccc(Cl)c1.[Cl-]. The molecule has 0 saturated carbocycles. The Hall–Kier alpha value is -2.62. The Kier molecular flexibility index (Phi) is 8.22. The minimum atomic E-state index is -0.593. The third kappa shape index (κ3) is 5.94. The van der Waals surface area contributed by atoms with E-state index in [1.807, 2.05) is 0 Å². The Balaban J connectivity index is 0.00000320. The molecule has 1 aromatic heterocycles. The van der Waals surface area contributed by atoms with E-state index in [0.29, 0.717) is 20.2 Å². The van der Waals surface area contributed by atoms with E-state index < -0.39 is 11.8 Å². The van der Waals surface area contributed by atoms with Crippen LogP contribution in [0.25, 0.3) is 0 Å². The average molecular weight is 472 g/mol. The second-order valence-corrected chi connectivity index (χ2v) is 7.00. The van der Waals surface area contributed by atoms with E-state index in [2.05, 4.69) is 0 Å². The summed E-state index contributed by atoms with van der Waals surface area (Å²) >= 11 is 11.7. The standard InChI is InChI=1S/C19H17Cl2N4O4.ClH/c20-14-3-1-5-16(9-14)24(28)18(26)11-22-7-8-23(13-22)12-19(27)25(29)17-6-2-4-15(21)10-17;/h1-10,13,28-29H,11-12H2;1H/q+1;/p-1. The molecule has 0 radical (unpaired) electrons. The number of hydroxylamine groups is 2. The number of benzene rings is 2. The predicted molar refractivity (Wildman–Crippen MR) is 106 cm³/mol. The highest BCUT2D eigenvalue weighted by Crippen LogP contribution is 2.19. The van der Waals surface area contributed by atoms with Crippen molar-refractivity contribution in [3.8, 4) is 0 Å². The molecule has 3 rings (SSSR count). The van der Waals surface area contributed by atoms with Gasteiger partial charge in [0.05, 0.1) is 11.4 Å². The number of rotatable bonds is 6. The highest BCUT2D eigenvalue weighted by Gasteiger charge is 2.20. The molecule has 0 aliphatic heterocycles. The number of hydrogen-bond donors (Lipinski definition) is 2. The molecular formula is C19H17Cl3N4O4.